The fourth-order valence-electron chi connectivity index (χ4n) is 2.41. The second-order valence-electron chi connectivity index (χ2n) is 5.40. The zero-order chi connectivity index (χ0) is 18.7. The fraction of sp³-hybridized carbons (Fsp3) is 0.500. The van der Waals surface area contributed by atoms with Crippen LogP contribution in [0.1, 0.15) is 39.2 Å². The maximum absolute atomic E-state index is 10.2. The van der Waals surface area contributed by atoms with E-state index in [1.807, 2.05) is 19.4 Å². The summed E-state index contributed by atoms with van der Waals surface area (Å²) in [5.41, 5.74) is 3.19. The molecule has 0 heterocycles. The Labute approximate surface area is 154 Å². The quantitative estimate of drug-likeness (QED) is 0.249. The molecule has 0 fully saturated rings. The monoisotopic (exact) mass is 365 g/mol. The summed E-state index contributed by atoms with van der Waals surface area (Å²) in [6, 6.07) is 8.35. The number of nitrogens with zero attached hydrogens (tertiary/aromatic N) is 3. The Kier molecular flexibility index (Phi) is 9.69. The van der Waals surface area contributed by atoms with Crippen molar-refractivity contribution in [1.29, 1.82) is 0 Å². The van der Waals surface area contributed by atoms with Crippen molar-refractivity contribution >= 4 is 23.7 Å². The lowest BCUT2D eigenvalue weighted by atomic mass is 10.2. The van der Waals surface area contributed by atoms with Gasteiger partial charge >= 0.3 is 0 Å². The number of anilines is 1. The third kappa shape index (κ3) is 7.60. The van der Waals surface area contributed by atoms with E-state index in [4.69, 9.17) is 0 Å². The summed E-state index contributed by atoms with van der Waals surface area (Å²) >= 11 is 1.62. The molecule has 25 heavy (non-hydrogen) atoms. The SMILES string of the molecule is CCN(CC)c1ccc(C=N/C(C)=C(/CCCO[N+](=O)[O-])SC)cc1. The minimum Gasteiger partial charge on any atom is -0.372 e. The van der Waals surface area contributed by atoms with Crippen molar-refractivity contribution < 1.29 is 9.92 Å². The van der Waals surface area contributed by atoms with Crippen molar-refractivity contribution in [2.45, 2.75) is 33.6 Å². The van der Waals surface area contributed by atoms with Gasteiger partial charge in [0.1, 0.15) is 0 Å². The Morgan fingerprint density at radius 3 is 2.48 bits per heavy atom. The van der Waals surface area contributed by atoms with Gasteiger partial charge in [0.25, 0.3) is 5.09 Å². The molecule has 0 bridgehead atoms. The van der Waals surface area contributed by atoms with Gasteiger partial charge in [-0.2, -0.15) is 0 Å². The number of allylic oxidation sites excluding steroid dienone is 2. The molecule has 138 valence electrons. The van der Waals surface area contributed by atoms with Gasteiger partial charge in [-0.05, 0) is 57.6 Å². The highest BCUT2D eigenvalue weighted by Crippen LogP contribution is 2.23. The minimum atomic E-state index is -0.755. The average Bonchev–Trinajstić information content (AvgIpc) is 2.61. The first-order valence-electron chi connectivity index (χ1n) is 8.41. The van der Waals surface area contributed by atoms with Gasteiger partial charge in [-0.1, -0.05) is 12.1 Å². The van der Waals surface area contributed by atoms with E-state index in [-0.39, 0.29) is 6.61 Å². The van der Waals surface area contributed by atoms with Crippen LogP contribution in [-0.4, -0.2) is 37.3 Å². The lowest BCUT2D eigenvalue weighted by Gasteiger charge is -2.20. The molecule has 1 aromatic carbocycles. The number of rotatable bonds is 11. The molecule has 7 heteroatoms. The van der Waals surface area contributed by atoms with E-state index in [2.05, 4.69) is 52.8 Å². The standard InChI is InChI=1S/C18H27N3O3S/c1-5-20(6-2)17-11-9-16(10-12-17)14-19-15(3)18(25-4)8-7-13-24-21(22)23/h9-12,14H,5-8,13H2,1-4H3/b18-15-,19-14?. The minimum absolute atomic E-state index is 0.112. The molecule has 6 nitrogen and oxygen atoms in total. The van der Waals surface area contributed by atoms with Crippen LogP contribution < -0.4 is 4.90 Å². The van der Waals surface area contributed by atoms with Gasteiger partial charge in [0.05, 0.1) is 6.61 Å². The molecule has 0 saturated carbocycles. The molecule has 0 unspecified atom stereocenters. The first-order valence-corrected chi connectivity index (χ1v) is 9.64. The van der Waals surface area contributed by atoms with E-state index in [1.54, 1.807) is 11.8 Å². The summed E-state index contributed by atoms with van der Waals surface area (Å²) in [5.74, 6) is 0. The van der Waals surface area contributed by atoms with E-state index in [1.165, 1.54) is 5.69 Å². The molecule has 0 spiro atoms. The van der Waals surface area contributed by atoms with Crippen LogP contribution in [0.4, 0.5) is 5.69 Å². The van der Waals surface area contributed by atoms with Crippen LogP contribution in [0.25, 0.3) is 0 Å². The van der Waals surface area contributed by atoms with Gasteiger partial charge < -0.3 is 9.74 Å². The summed E-state index contributed by atoms with van der Waals surface area (Å²) in [6.07, 6.45) is 5.16. The van der Waals surface area contributed by atoms with E-state index >= 15 is 0 Å². The molecular formula is C18H27N3O3S. The van der Waals surface area contributed by atoms with Crippen molar-refractivity contribution in [2.24, 2.45) is 4.99 Å². The predicted molar refractivity (Wildman–Crippen MR) is 106 cm³/mol. The van der Waals surface area contributed by atoms with Crippen LogP contribution in [0.5, 0.6) is 0 Å². The zero-order valence-electron chi connectivity index (χ0n) is 15.4. The van der Waals surface area contributed by atoms with E-state index in [0.29, 0.717) is 6.42 Å². The number of hydrogen-bond acceptors (Lipinski definition) is 6. The molecule has 0 aromatic heterocycles. The molecule has 0 aliphatic rings. The van der Waals surface area contributed by atoms with Crippen LogP contribution in [0.15, 0.2) is 39.9 Å². The lowest BCUT2D eigenvalue weighted by molar-refractivity contribution is -0.757. The molecule has 0 amide bonds. The van der Waals surface area contributed by atoms with E-state index in [9.17, 15) is 10.1 Å². The largest absolute Gasteiger partial charge is 0.372 e. The molecule has 0 aliphatic heterocycles. The molecule has 0 saturated heterocycles. The molecule has 0 atom stereocenters. The highest BCUT2D eigenvalue weighted by molar-refractivity contribution is 8.02. The topological polar surface area (TPSA) is 68.0 Å². The Bertz CT molecular complexity index is 596. The van der Waals surface area contributed by atoms with Gasteiger partial charge in [-0.15, -0.1) is 21.9 Å². The summed E-state index contributed by atoms with van der Waals surface area (Å²) in [6.45, 7) is 8.34. The summed E-state index contributed by atoms with van der Waals surface area (Å²) in [5, 5.41) is 9.40. The highest BCUT2D eigenvalue weighted by atomic mass is 32.2. The van der Waals surface area contributed by atoms with Gasteiger partial charge in [-0.25, -0.2) is 0 Å². The molecule has 1 rings (SSSR count). The van der Waals surface area contributed by atoms with E-state index in [0.717, 1.165) is 35.7 Å². The first kappa shape index (κ1) is 21.0. The van der Waals surface area contributed by atoms with Crippen molar-refractivity contribution in [3.63, 3.8) is 0 Å². The molecular weight excluding hydrogens is 338 g/mol. The Morgan fingerprint density at radius 1 is 1.32 bits per heavy atom. The Balaban J connectivity index is 2.68. The third-order valence-electron chi connectivity index (χ3n) is 3.82. The normalized spacial score (nSPS) is 12.2. The van der Waals surface area contributed by atoms with Crippen molar-refractivity contribution in [1.82, 2.24) is 0 Å². The summed E-state index contributed by atoms with van der Waals surface area (Å²) in [4.78, 5) is 22.4. The summed E-state index contributed by atoms with van der Waals surface area (Å²) in [7, 11) is 0. The van der Waals surface area contributed by atoms with Gasteiger partial charge in [0, 0.05) is 35.6 Å². The molecule has 0 N–H and O–H groups in total. The smallest absolute Gasteiger partial charge is 0.294 e. The summed E-state index contributed by atoms with van der Waals surface area (Å²) < 4.78 is 0. The van der Waals surface area contributed by atoms with Crippen LogP contribution >= 0.6 is 11.8 Å². The molecule has 0 aliphatic carbocycles. The maximum Gasteiger partial charge on any atom is 0.294 e. The van der Waals surface area contributed by atoms with Gasteiger partial charge in [-0.3, -0.25) is 4.99 Å². The van der Waals surface area contributed by atoms with Gasteiger partial charge in [0.15, 0.2) is 0 Å². The predicted octanol–water partition coefficient (Wildman–Crippen LogP) is 4.53. The number of thioether (sulfide) groups is 1. The molecule has 0 radical (unpaired) electrons. The van der Waals surface area contributed by atoms with Crippen LogP contribution in [0, 0.1) is 10.1 Å². The van der Waals surface area contributed by atoms with Crippen LogP contribution in [0.2, 0.25) is 0 Å². The van der Waals surface area contributed by atoms with Crippen LogP contribution in [0.3, 0.4) is 0 Å². The first-order chi connectivity index (χ1) is 12.0. The Morgan fingerprint density at radius 2 is 1.96 bits per heavy atom. The zero-order valence-corrected chi connectivity index (χ0v) is 16.2. The van der Waals surface area contributed by atoms with Gasteiger partial charge in [0.2, 0.25) is 0 Å². The lowest BCUT2D eigenvalue weighted by Crippen LogP contribution is -2.21. The van der Waals surface area contributed by atoms with E-state index < -0.39 is 5.09 Å². The maximum atomic E-state index is 10.2. The molecule has 1 aromatic rings. The number of benzene rings is 1. The second-order valence-corrected chi connectivity index (χ2v) is 6.30. The van der Waals surface area contributed by atoms with Crippen molar-refractivity contribution in [3.05, 3.63) is 50.5 Å². The van der Waals surface area contributed by atoms with Crippen molar-refractivity contribution in [2.75, 3.05) is 30.9 Å². The van der Waals surface area contributed by atoms with Crippen LogP contribution in [-0.2, 0) is 4.84 Å². The fourth-order valence-corrected chi connectivity index (χ4v) is 3.10. The second kappa shape index (κ2) is 11.5. The number of aliphatic imine (C=N–C) groups is 1. The third-order valence-corrected chi connectivity index (χ3v) is 4.82. The Hall–Kier alpha value is -2.02. The number of hydrogen-bond donors (Lipinski definition) is 0. The average molecular weight is 365 g/mol. The van der Waals surface area contributed by atoms with Crippen molar-refractivity contribution in [3.8, 4) is 0 Å². The highest BCUT2D eigenvalue weighted by Gasteiger charge is 2.03.